The van der Waals surface area contributed by atoms with E-state index in [4.69, 9.17) is 9.47 Å². The lowest BCUT2D eigenvalue weighted by atomic mass is 9.58. The standard InChI is InChI=1S/C17H28O3/c1-16-6-4-7-17(16,13-9-12(16)10-14(13)18)11-20-15-5-2-3-8-19-15/h12-15,18H,2-11H2,1H3/t12-,13+,14-,15?,16-,17-/m1/s1. The molecular formula is C17H28O3. The van der Waals surface area contributed by atoms with E-state index in [1.54, 1.807) is 0 Å². The van der Waals surface area contributed by atoms with Crippen molar-refractivity contribution in [1.29, 1.82) is 0 Å². The molecule has 1 aliphatic heterocycles. The zero-order chi connectivity index (χ0) is 13.8. The number of fused-ring (bicyclic) bond motifs is 5. The van der Waals surface area contributed by atoms with Gasteiger partial charge in [-0.15, -0.1) is 0 Å². The molecule has 1 unspecified atom stereocenters. The fraction of sp³-hybridized carbons (Fsp3) is 1.00. The maximum atomic E-state index is 10.4. The van der Waals surface area contributed by atoms with E-state index in [1.807, 2.05) is 0 Å². The van der Waals surface area contributed by atoms with Crippen molar-refractivity contribution in [3.8, 4) is 0 Å². The molecule has 0 amide bonds. The molecule has 3 heteroatoms. The van der Waals surface area contributed by atoms with E-state index in [0.29, 0.717) is 11.3 Å². The summed E-state index contributed by atoms with van der Waals surface area (Å²) >= 11 is 0. The van der Waals surface area contributed by atoms with Gasteiger partial charge in [-0.25, -0.2) is 0 Å². The molecule has 3 nitrogen and oxygen atoms in total. The summed E-state index contributed by atoms with van der Waals surface area (Å²) in [6.07, 6.45) is 9.52. The van der Waals surface area contributed by atoms with Crippen LogP contribution in [-0.2, 0) is 9.47 Å². The third-order valence-electron chi connectivity index (χ3n) is 7.26. The molecule has 0 aromatic heterocycles. The van der Waals surface area contributed by atoms with Crippen LogP contribution in [-0.4, -0.2) is 30.7 Å². The molecule has 4 aliphatic rings. The van der Waals surface area contributed by atoms with Gasteiger partial charge in [-0.05, 0) is 62.2 Å². The average molecular weight is 280 g/mol. The third kappa shape index (κ3) is 1.69. The van der Waals surface area contributed by atoms with Gasteiger partial charge in [-0.1, -0.05) is 13.3 Å². The van der Waals surface area contributed by atoms with E-state index < -0.39 is 0 Å². The minimum absolute atomic E-state index is 0.0132. The summed E-state index contributed by atoms with van der Waals surface area (Å²) in [7, 11) is 0. The van der Waals surface area contributed by atoms with Crippen molar-refractivity contribution in [2.24, 2.45) is 22.7 Å². The highest BCUT2D eigenvalue weighted by Crippen LogP contribution is 2.73. The number of aliphatic hydroxyl groups excluding tert-OH is 1. The van der Waals surface area contributed by atoms with Crippen LogP contribution in [0.2, 0.25) is 0 Å². The predicted octanol–water partition coefficient (Wildman–Crippen LogP) is 3.11. The zero-order valence-corrected chi connectivity index (χ0v) is 12.6. The van der Waals surface area contributed by atoms with Crippen molar-refractivity contribution >= 4 is 0 Å². The highest BCUT2D eigenvalue weighted by Gasteiger charge is 2.69. The van der Waals surface area contributed by atoms with Crippen LogP contribution in [0.15, 0.2) is 0 Å². The quantitative estimate of drug-likeness (QED) is 0.863. The van der Waals surface area contributed by atoms with Crippen LogP contribution in [0.5, 0.6) is 0 Å². The van der Waals surface area contributed by atoms with Crippen molar-refractivity contribution in [2.75, 3.05) is 13.2 Å². The second-order valence-corrected chi connectivity index (χ2v) is 7.88. The van der Waals surface area contributed by atoms with Crippen LogP contribution < -0.4 is 0 Å². The van der Waals surface area contributed by atoms with E-state index in [-0.39, 0.29) is 17.8 Å². The van der Waals surface area contributed by atoms with Crippen LogP contribution in [0.25, 0.3) is 0 Å². The summed E-state index contributed by atoms with van der Waals surface area (Å²) in [4.78, 5) is 0. The van der Waals surface area contributed by atoms with Crippen molar-refractivity contribution in [3.05, 3.63) is 0 Å². The Hall–Kier alpha value is -0.120. The van der Waals surface area contributed by atoms with Gasteiger partial charge in [0.25, 0.3) is 0 Å². The largest absolute Gasteiger partial charge is 0.393 e. The Kier molecular flexibility index (Phi) is 3.17. The first kappa shape index (κ1) is 13.5. The Labute approximate surface area is 122 Å². The van der Waals surface area contributed by atoms with E-state index in [9.17, 15) is 5.11 Å². The zero-order valence-electron chi connectivity index (χ0n) is 12.6. The SMILES string of the molecule is C[C@]12CCC[C@@]1(COC1CCCCO1)[C@H]1C[C@@H]2C[C@H]1O. The highest BCUT2D eigenvalue weighted by atomic mass is 16.7. The lowest BCUT2D eigenvalue weighted by Crippen LogP contribution is -2.49. The van der Waals surface area contributed by atoms with Crippen molar-refractivity contribution in [3.63, 3.8) is 0 Å². The molecule has 0 radical (unpaired) electrons. The van der Waals surface area contributed by atoms with E-state index >= 15 is 0 Å². The molecule has 4 fully saturated rings. The molecule has 1 N–H and O–H groups in total. The third-order valence-corrected chi connectivity index (χ3v) is 7.26. The van der Waals surface area contributed by atoms with Crippen LogP contribution in [0.1, 0.15) is 58.3 Å². The summed E-state index contributed by atoms with van der Waals surface area (Å²) in [6.45, 7) is 4.14. The summed E-state index contributed by atoms with van der Waals surface area (Å²) < 4.78 is 11.9. The smallest absolute Gasteiger partial charge is 0.157 e. The van der Waals surface area contributed by atoms with Gasteiger partial charge in [-0.3, -0.25) is 0 Å². The fourth-order valence-corrected chi connectivity index (χ4v) is 6.08. The van der Waals surface area contributed by atoms with Gasteiger partial charge in [0.1, 0.15) is 0 Å². The molecular weight excluding hydrogens is 252 g/mol. The molecule has 4 rings (SSSR count). The highest BCUT2D eigenvalue weighted by molar-refractivity contribution is 5.17. The first-order chi connectivity index (χ1) is 9.66. The predicted molar refractivity (Wildman–Crippen MR) is 76.2 cm³/mol. The summed E-state index contributed by atoms with van der Waals surface area (Å²) in [6, 6.07) is 0. The fourth-order valence-electron chi connectivity index (χ4n) is 6.08. The maximum absolute atomic E-state index is 10.4. The van der Waals surface area contributed by atoms with Crippen molar-refractivity contribution in [2.45, 2.75) is 70.7 Å². The molecule has 6 atom stereocenters. The molecule has 3 saturated carbocycles. The average Bonchev–Trinajstić information content (AvgIpc) is 3.06. The van der Waals surface area contributed by atoms with Crippen molar-refractivity contribution < 1.29 is 14.6 Å². The minimum atomic E-state index is -0.0814. The molecule has 114 valence electrons. The van der Waals surface area contributed by atoms with E-state index in [2.05, 4.69) is 6.92 Å². The number of rotatable bonds is 3. The van der Waals surface area contributed by atoms with E-state index in [1.165, 1.54) is 38.5 Å². The minimum Gasteiger partial charge on any atom is -0.393 e. The molecule has 1 saturated heterocycles. The number of hydrogen-bond donors (Lipinski definition) is 1. The molecule has 1 heterocycles. The topological polar surface area (TPSA) is 38.7 Å². The van der Waals surface area contributed by atoms with E-state index in [0.717, 1.165) is 32.0 Å². The molecule has 0 spiro atoms. The van der Waals surface area contributed by atoms with Gasteiger partial charge >= 0.3 is 0 Å². The number of ether oxygens (including phenoxy) is 2. The van der Waals surface area contributed by atoms with Gasteiger partial charge < -0.3 is 14.6 Å². The Morgan fingerprint density at radius 3 is 2.90 bits per heavy atom. The van der Waals surface area contributed by atoms with Crippen LogP contribution >= 0.6 is 0 Å². The second-order valence-electron chi connectivity index (χ2n) is 7.88. The number of hydrogen-bond acceptors (Lipinski definition) is 3. The van der Waals surface area contributed by atoms with Gasteiger partial charge in [0.2, 0.25) is 0 Å². The van der Waals surface area contributed by atoms with Gasteiger partial charge in [0, 0.05) is 12.0 Å². The summed E-state index contributed by atoms with van der Waals surface area (Å²) in [5.74, 6) is 1.20. The first-order valence-electron chi connectivity index (χ1n) is 8.57. The second kappa shape index (κ2) is 4.69. The Morgan fingerprint density at radius 2 is 2.10 bits per heavy atom. The summed E-state index contributed by atoms with van der Waals surface area (Å²) in [5, 5.41) is 10.4. The molecule has 0 aromatic rings. The van der Waals surface area contributed by atoms with Crippen LogP contribution in [0.3, 0.4) is 0 Å². The Bertz CT molecular complexity index is 378. The van der Waals surface area contributed by atoms with Crippen molar-refractivity contribution in [1.82, 2.24) is 0 Å². The Morgan fingerprint density at radius 1 is 1.20 bits per heavy atom. The first-order valence-corrected chi connectivity index (χ1v) is 8.57. The molecule has 20 heavy (non-hydrogen) atoms. The van der Waals surface area contributed by atoms with Gasteiger partial charge in [0.15, 0.2) is 6.29 Å². The maximum Gasteiger partial charge on any atom is 0.157 e. The molecule has 3 aliphatic carbocycles. The number of aliphatic hydroxyl groups is 1. The van der Waals surface area contributed by atoms with Gasteiger partial charge in [-0.2, -0.15) is 0 Å². The van der Waals surface area contributed by atoms with Crippen LogP contribution in [0.4, 0.5) is 0 Å². The lowest BCUT2D eigenvalue weighted by Gasteiger charge is -2.49. The molecule has 0 aromatic carbocycles. The van der Waals surface area contributed by atoms with Gasteiger partial charge in [0.05, 0.1) is 12.7 Å². The van der Waals surface area contributed by atoms with Crippen LogP contribution in [0, 0.1) is 22.7 Å². The lowest BCUT2D eigenvalue weighted by molar-refractivity contribution is -0.201. The normalized spacial score (nSPS) is 54.3. The molecule has 2 bridgehead atoms. The monoisotopic (exact) mass is 280 g/mol. The Balaban J connectivity index is 1.51. The summed E-state index contributed by atoms with van der Waals surface area (Å²) in [5.41, 5.74) is 0.641.